The van der Waals surface area contributed by atoms with Crippen molar-refractivity contribution in [1.82, 2.24) is 26.2 Å². The number of nitrogens with zero attached hydrogens (tertiary/aromatic N) is 1. The lowest BCUT2D eigenvalue weighted by molar-refractivity contribution is -0.134. The number of carbonyl (C=O) groups excluding carboxylic acids is 4. The number of phenolic OH excluding ortho intramolecular Hbond substituents is 1. The molecule has 3 amide bonds. The van der Waals surface area contributed by atoms with Crippen LogP contribution in [0.3, 0.4) is 0 Å². The van der Waals surface area contributed by atoms with Crippen LogP contribution in [0, 0.1) is 0 Å². The van der Waals surface area contributed by atoms with Gasteiger partial charge in [0.1, 0.15) is 13.2 Å². The number of rotatable bonds is 17. The van der Waals surface area contributed by atoms with E-state index < -0.39 is 54.5 Å². The van der Waals surface area contributed by atoms with Gasteiger partial charge in [0, 0.05) is 26.2 Å². The first kappa shape index (κ1) is 38.2. The highest BCUT2D eigenvalue weighted by molar-refractivity contribution is 5.95. The van der Waals surface area contributed by atoms with E-state index in [4.69, 9.17) is 1.41 Å². The van der Waals surface area contributed by atoms with E-state index in [0.29, 0.717) is 25.2 Å². The van der Waals surface area contributed by atoms with Crippen LogP contribution in [0.25, 0.3) is 6.08 Å². The number of hydrogen-bond acceptors (Lipinski definition) is 9. The second-order valence-corrected chi connectivity index (χ2v) is 12.1. The number of Topliss-reactive ketones (excluding diaryl/α,β-unsaturated/α-hetero) is 1. The van der Waals surface area contributed by atoms with Crippen molar-refractivity contribution in [3.8, 4) is 5.75 Å². The van der Waals surface area contributed by atoms with Crippen LogP contribution in [0.4, 0.5) is 0 Å². The third-order valence-electron chi connectivity index (χ3n) is 8.27. The molecule has 1 aliphatic rings. The van der Waals surface area contributed by atoms with E-state index in [1.807, 2.05) is 72.8 Å². The quantitative estimate of drug-likeness (QED) is 0.107. The zero-order valence-electron chi connectivity index (χ0n) is 29.0. The molecule has 4 rings (SSSR count). The maximum absolute atomic E-state index is 14.1. The molecule has 1 heterocycles. The van der Waals surface area contributed by atoms with E-state index in [2.05, 4.69) is 31.9 Å². The SMILES string of the molecule is Cl.[2H]N[C@@H](Cc1ccc(O)cc1)C(=O)N[C@H](C(=O)NCC(=O)N[C@@H](Cc1ccccc1)C(=O)C1CNCCN1CC=Cc1ccccc1)[C@@H](C)O. The Labute approximate surface area is 300 Å². The number of piperazine rings is 1. The second-order valence-electron chi connectivity index (χ2n) is 12.1. The summed E-state index contributed by atoms with van der Waals surface area (Å²) in [6.07, 6.45) is 3.04. The van der Waals surface area contributed by atoms with Gasteiger partial charge < -0.3 is 37.2 Å². The highest BCUT2D eigenvalue weighted by atomic mass is 35.5. The van der Waals surface area contributed by atoms with Gasteiger partial charge in [0.15, 0.2) is 5.78 Å². The van der Waals surface area contributed by atoms with Crippen LogP contribution in [-0.4, -0.2) is 102 Å². The Balaban J connectivity index is 0.00000702. The fourth-order valence-corrected chi connectivity index (χ4v) is 5.58. The van der Waals surface area contributed by atoms with Gasteiger partial charge in [0.05, 0.1) is 30.8 Å². The average molecular weight is 708 g/mol. The van der Waals surface area contributed by atoms with Crippen LogP contribution >= 0.6 is 12.4 Å². The van der Waals surface area contributed by atoms with E-state index in [-0.39, 0.29) is 36.8 Å². The van der Waals surface area contributed by atoms with Gasteiger partial charge in [0.2, 0.25) is 17.7 Å². The molecular weight excluding hydrogens is 660 g/mol. The first-order valence-electron chi connectivity index (χ1n) is 16.9. The van der Waals surface area contributed by atoms with Crippen LogP contribution < -0.4 is 27.0 Å². The number of carbonyl (C=O) groups is 4. The fraction of sp³-hybridized carbons (Fsp3) is 0.351. The Bertz CT molecular complexity index is 1580. The van der Waals surface area contributed by atoms with Crippen molar-refractivity contribution in [2.45, 2.75) is 50.0 Å². The summed E-state index contributed by atoms with van der Waals surface area (Å²) in [6.45, 7) is 3.16. The van der Waals surface area contributed by atoms with E-state index in [1.54, 1.807) is 12.1 Å². The zero-order valence-corrected chi connectivity index (χ0v) is 28.8. The number of nitrogens with two attached hydrogens (primary N) is 1. The molecule has 3 aromatic carbocycles. The van der Waals surface area contributed by atoms with Gasteiger partial charge in [-0.25, -0.2) is 0 Å². The van der Waals surface area contributed by atoms with E-state index in [1.165, 1.54) is 19.1 Å². The smallest absolute Gasteiger partial charge is 0.245 e. The van der Waals surface area contributed by atoms with Crippen molar-refractivity contribution in [2.75, 3.05) is 32.7 Å². The molecule has 12 nitrogen and oxygen atoms in total. The first-order chi connectivity index (χ1) is 24.1. The third-order valence-corrected chi connectivity index (χ3v) is 8.27. The van der Waals surface area contributed by atoms with Crippen LogP contribution in [0.2, 0.25) is 1.41 Å². The highest BCUT2D eigenvalue weighted by Gasteiger charge is 2.34. The molecule has 0 radical (unpaired) electrons. The van der Waals surface area contributed by atoms with Crippen molar-refractivity contribution < 1.29 is 30.8 Å². The predicted molar refractivity (Wildman–Crippen MR) is 194 cm³/mol. The monoisotopic (exact) mass is 707 g/mol. The molecule has 0 bridgehead atoms. The highest BCUT2D eigenvalue weighted by Crippen LogP contribution is 2.13. The molecular formula is C37H47ClN6O6. The van der Waals surface area contributed by atoms with Crippen LogP contribution in [0.1, 0.15) is 23.6 Å². The summed E-state index contributed by atoms with van der Waals surface area (Å²) >= 11 is 0. The minimum atomic E-state index is -1.42. The summed E-state index contributed by atoms with van der Waals surface area (Å²) in [6, 6.07) is 21.5. The summed E-state index contributed by atoms with van der Waals surface area (Å²) < 4.78 is 7.60. The summed E-state index contributed by atoms with van der Waals surface area (Å²) in [4.78, 5) is 55.4. The van der Waals surface area contributed by atoms with Crippen molar-refractivity contribution in [2.24, 2.45) is 5.73 Å². The Hall–Kier alpha value is -4.59. The van der Waals surface area contributed by atoms with Gasteiger partial charge >= 0.3 is 0 Å². The van der Waals surface area contributed by atoms with Crippen molar-refractivity contribution in [1.29, 1.82) is 0 Å². The largest absolute Gasteiger partial charge is 0.508 e. The van der Waals surface area contributed by atoms with Crippen LogP contribution in [0.15, 0.2) is 91.0 Å². The van der Waals surface area contributed by atoms with Crippen LogP contribution in [-0.2, 0) is 32.0 Å². The van der Waals surface area contributed by atoms with Gasteiger partial charge in [-0.3, -0.25) is 24.1 Å². The lowest BCUT2D eigenvalue weighted by Crippen LogP contribution is -2.60. The normalized spacial score (nSPS) is 17.3. The molecule has 1 unspecified atom stereocenters. The second kappa shape index (κ2) is 20.2. The number of aliphatic hydroxyl groups excluding tert-OH is 1. The van der Waals surface area contributed by atoms with Crippen molar-refractivity contribution >= 4 is 42.0 Å². The zero-order chi connectivity index (χ0) is 35.9. The van der Waals surface area contributed by atoms with E-state index in [0.717, 1.165) is 17.7 Å². The number of phenols is 1. The Kier molecular flexibility index (Phi) is 15.4. The predicted octanol–water partition coefficient (Wildman–Crippen LogP) is 0.949. The molecule has 1 aliphatic heterocycles. The molecule has 268 valence electrons. The van der Waals surface area contributed by atoms with E-state index in [9.17, 15) is 29.4 Å². The minimum Gasteiger partial charge on any atom is -0.508 e. The number of hydrogen-bond donors (Lipinski definition) is 7. The summed E-state index contributed by atoms with van der Waals surface area (Å²) in [7, 11) is 0. The van der Waals surface area contributed by atoms with Crippen LogP contribution in [0.5, 0.6) is 5.75 Å². The molecule has 0 aliphatic carbocycles. The molecule has 1 saturated heterocycles. The maximum Gasteiger partial charge on any atom is 0.245 e. The van der Waals surface area contributed by atoms with Gasteiger partial charge in [-0.1, -0.05) is 84.9 Å². The van der Waals surface area contributed by atoms with Gasteiger partial charge in [-0.05, 0) is 48.6 Å². The van der Waals surface area contributed by atoms with Crippen molar-refractivity contribution in [3.05, 3.63) is 108 Å². The third kappa shape index (κ3) is 12.4. The number of aliphatic hydroxyl groups is 1. The molecule has 13 heteroatoms. The Morgan fingerprint density at radius 1 is 0.960 bits per heavy atom. The molecule has 5 atom stereocenters. The van der Waals surface area contributed by atoms with Gasteiger partial charge in [0.25, 0.3) is 0 Å². The van der Waals surface area contributed by atoms with Gasteiger partial charge in [-0.2, -0.15) is 0 Å². The molecule has 8 N–H and O–H groups in total. The molecule has 0 saturated carbocycles. The maximum atomic E-state index is 14.1. The summed E-state index contributed by atoms with van der Waals surface area (Å²) in [5, 5.41) is 30.8. The lowest BCUT2D eigenvalue weighted by Gasteiger charge is -2.36. The Morgan fingerprint density at radius 3 is 2.28 bits per heavy atom. The molecule has 1 fully saturated rings. The molecule has 50 heavy (non-hydrogen) atoms. The van der Waals surface area contributed by atoms with Gasteiger partial charge in [-0.15, -0.1) is 12.4 Å². The average Bonchev–Trinajstić information content (AvgIpc) is 3.13. The number of aromatic hydroxyl groups is 1. The molecule has 0 spiro atoms. The Morgan fingerprint density at radius 2 is 1.62 bits per heavy atom. The fourth-order valence-electron chi connectivity index (χ4n) is 5.58. The lowest BCUT2D eigenvalue weighted by atomic mass is 9.95. The first-order valence-corrected chi connectivity index (χ1v) is 16.4. The standard InChI is InChI=1S/C37H46N6O6.ClH/c1-25(44)34(42-36(48)30(38)21-28-14-16-29(45)17-15-28)37(49)40-24-33(46)41-31(22-27-11-6-3-7-12-27)35(47)32-23-39-18-20-43(32)19-8-13-26-9-4-2-5-10-26;/h2-17,25,30-32,34,39,44-45H,18-24,38H2,1H3,(H,40,49)(H,41,46)(H,42,48);1H/t25-,30+,31+,32?,34+;/m1./s1/i/hD. The number of benzene rings is 3. The van der Waals surface area contributed by atoms with E-state index >= 15 is 0 Å². The minimum absolute atomic E-state index is 0. The summed E-state index contributed by atoms with van der Waals surface area (Å²) in [5.74, 6) is -2.24. The number of halogens is 1. The number of ketones is 1. The molecule has 3 aromatic rings. The van der Waals surface area contributed by atoms with Crippen molar-refractivity contribution in [3.63, 3.8) is 0 Å². The number of nitrogens with one attached hydrogen (secondary N) is 4. The topological polar surface area (TPSA) is 186 Å². The summed E-state index contributed by atoms with van der Waals surface area (Å²) in [5.41, 5.74) is 4.73. The molecule has 0 aromatic heterocycles. The number of amides is 3.